The van der Waals surface area contributed by atoms with Crippen LogP contribution in [0.25, 0.3) is 0 Å². The molecule has 0 aromatic heterocycles. The summed E-state index contributed by atoms with van der Waals surface area (Å²) in [5, 5.41) is 26.1. The Kier molecular flexibility index (Phi) is 14.1. The van der Waals surface area contributed by atoms with Gasteiger partial charge in [0.1, 0.15) is 18.1 Å². The SMILES string of the molecule is CCC(C)C(N)C(=O)NC(CCC(=O)O)C(=O)NC(C(=O)NC(C(=O)O)C(C)CC)C(C)CC. The number of amides is 3. The van der Waals surface area contributed by atoms with E-state index in [-0.39, 0.29) is 30.6 Å². The number of nitrogens with one attached hydrogen (secondary N) is 3. The summed E-state index contributed by atoms with van der Waals surface area (Å²) in [6.45, 7) is 10.7. The van der Waals surface area contributed by atoms with E-state index >= 15 is 0 Å². The Morgan fingerprint density at radius 1 is 0.706 bits per heavy atom. The molecule has 3 amide bonds. The topological polar surface area (TPSA) is 188 Å². The first-order valence-corrected chi connectivity index (χ1v) is 11.9. The summed E-state index contributed by atoms with van der Waals surface area (Å²) >= 11 is 0. The van der Waals surface area contributed by atoms with Gasteiger partial charge in [-0.1, -0.05) is 60.8 Å². The second-order valence-electron chi connectivity index (χ2n) is 8.99. The van der Waals surface area contributed by atoms with Gasteiger partial charge in [0.2, 0.25) is 17.7 Å². The second-order valence-corrected chi connectivity index (χ2v) is 8.99. The van der Waals surface area contributed by atoms with Gasteiger partial charge in [0.05, 0.1) is 6.04 Å². The van der Waals surface area contributed by atoms with E-state index in [4.69, 9.17) is 10.8 Å². The van der Waals surface area contributed by atoms with Gasteiger partial charge in [-0.05, 0) is 24.2 Å². The quantitative estimate of drug-likeness (QED) is 0.185. The predicted octanol–water partition coefficient (Wildman–Crippen LogP) is 0.856. The molecule has 11 heteroatoms. The van der Waals surface area contributed by atoms with Crippen LogP contribution in [0, 0.1) is 17.8 Å². The highest BCUT2D eigenvalue weighted by Crippen LogP contribution is 2.13. The van der Waals surface area contributed by atoms with Gasteiger partial charge < -0.3 is 31.9 Å². The molecular weight excluding hydrogens is 444 g/mol. The van der Waals surface area contributed by atoms with Gasteiger partial charge in [-0.25, -0.2) is 4.79 Å². The molecule has 0 saturated heterocycles. The van der Waals surface area contributed by atoms with Crippen LogP contribution in [0.15, 0.2) is 0 Å². The van der Waals surface area contributed by atoms with Gasteiger partial charge in [0.15, 0.2) is 0 Å². The summed E-state index contributed by atoms with van der Waals surface area (Å²) in [5.41, 5.74) is 5.94. The fourth-order valence-electron chi connectivity index (χ4n) is 3.20. The predicted molar refractivity (Wildman–Crippen MR) is 127 cm³/mol. The summed E-state index contributed by atoms with van der Waals surface area (Å²) in [5.74, 6) is -5.15. The average Bonchev–Trinajstić information content (AvgIpc) is 2.80. The number of carbonyl (C=O) groups is 5. The third kappa shape index (κ3) is 10.1. The van der Waals surface area contributed by atoms with Crippen molar-refractivity contribution in [3.63, 3.8) is 0 Å². The van der Waals surface area contributed by atoms with Crippen LogP contribution in [0.5, 0.6) is 0 Å². The van der Waals surface area contributed by atoms with E-state index in [0.29, 0.717) is 19.3 Å². The summed E-state index contributed by atoms with van der Waals surface area (Å²) in [4.78, 5) is 61.2. The Bertz CT molecular complexity index is 715. The molecule has 0 fully saturated rings. The van der Waals surface area contributed by atoms with Crippen LogP contribution >= 0.6 is 0 Å². The van der Waals surface area contributed by atoms with Crippen molar-refractivity contribution >= 4 is 29.7 Å². The van der Waals surface area contributed by atoms with Crippen molar-refractivity contribution in [1.82, 2.24) is 16.0 Å². The first kappa shape index (κ1) is 31.3. The normalized spacial score (nSPS) is 17.3. The molecule has 34 heavy (non-hydrogen) atoms. The van der Waals surface area contributed by atoms with Crippen molar-refractivity contribution in [2.45, 2.75) is 97.8 Å². The van der Waals surface area contributed by atoms with Gasteiger partial charge >= 0.3 is 11.9 Å². The zero-order chi connectivity index (χ0) is 26.6. The molecule has 0 radical (unpaired) electrons. The van der Waals surface area contributed by atoms with Crippen LogP contribution in [-0.4, -0.2) is 64.0 Å². The number of carbonyl (C=O) groups excluding carboxylic acids is 3. The number of carboxylic acids is 2. The molecule has 11 nitrogen and oxygen atoms in total. The van der Waals surface area contributed by atoms with Crippen LogP contribution in [0.3, 0.4) is 0 Å². The second kappa shape index (κ2) is 15.3. The van der Waals surface area contributed by atoms with E-state index in [2.05, 4.69) is 16.0 Å². The fraction of sp³-hybridized carbons (Fsp3) is 0.783. The third-order valence-electron chi connectivity index (χ3n) is 6.41. The Hall–Kier alpha value is -2.69. The lowest BCUT2D eigenvalue weighted by Gasteiger charge is -2.29. The van der Waals surface area contributed by atoms with E-state index in [1.54, 1.807) is 27.7 Å². The molecule has 7 atom stereocenters. The van der Waals surface area contributed by atoms with Gasteiger partial charge in [0.25, 0.3) is 0 Å². The van der Waals surface area contributed by atoms with Crippen LogP contribution in [0.4, 0.5) is 0 Å². The van der Waals surface area contributed by atoms with Crippen molar-refractivity contribution < 1.29 is 34.2 Å². The van der Waals surface area contributed by atoms with E-state index in [1.165, 1.54) is 0 Å². The Morgan fingerprint density at radius 3 is 1.62 bits per heavy atom. The molecule has 0 aromatic rings. The molecular formula is C23H42N4O7. The highest BCUT2D eigenvalue weighted by molar-refractivity contribution is 5.94. The molecule has 0 rings (SSSR count). The van der Waals surface area contributed by atoms with Crippen molar-refractivity contribution in [1.29, 1.82) is 0 Å². The summed E-state index contributed by atoms with van der Waals surface area (Å²) in [6.07, 6.45) is 1.09. The first-order valence-electron chi connectivity index (χ1n) is 11.9. The molecule has 7 unspecified atom stereocenters. The van der Waals surface area contributed by atoms with Gasteiger partial charge in [-0.2, -0.15) is 0 Å². The Balaban J connectivity index is 5.70. The van der Waals surface area contributed by atoms with Crippen molar-refractivity contribution in [2.24, 2.45) is 23.5 Å². The molecule has 0 bridgehead atoms. The molecule has 0 spiro atoms. The van der Waals surface area contributed by atoms with Crippen LogP contribution in [-0.2, 0) is 24.0 Å². The molecule has 0 aromatic carbocycles. The minimum Gasteiger partial charge on any atom is -0.481 e. The number of hydrogen-bond donors (Lipinski definition) is 6. The van der Waals surface area contributed by atoms with E-state index in [1.807, 2.05) is 13.8 Å². The maximum Gasteiger partial charge on any atom is 0.326 e. The Labute approximate surface area is 201 Å². The van der Waals surface area contributed by atoms with Crippen molar-refractivity contribution in [3.05, 3.63) is 0 Å². The summed E-state index contributed by atoms with van der Waals surface area (Å²) in [6, 6.07) is -4.30. The van der Waals surface area contributed by atoms with Crippen molar-refractivity contribution in [2.75, 3.05) is 0 Å². The third-order valence-corrected chi connectivity index (χ3v) is 6.41. The summed E-state index contributed by atoms with van der Waals surface area (Å²) < 4.78 is 0. The minimum absolute atomic E-state index is 0.157. The van der Waals surface area contributed by atoms with Crippen LogP contribution < -0.4 is 21.7 Å². The number of nitrogens with two attached hydrogens (primary N) is 1. The molecule has 7 N–H and O–H groups in total. The number of rotatable bonds is 16. The number of aliphatic carboxylic acids is 2. The maximum absolute atomic E-state index is 13.0. The number of hydrogen-bond acceptors (Lipinski definition) is 6. The molecule has 0 saturated carbocycles. The lowest BCUT2D eigenvalue weighted by molar-refractivity contribution is -0.144. The molecule has 0 aliphatic rings. The zero-order valence-corrected chi connectivity index (χ0v) is 21.1. The van der Waals surface area contributed by atoms with Gasteiger partial charge in [-0.3, -0.25) is 19.2 Å². The largest absolute Gasteiger partial charge is 0.481 e. The lowest BCUT2D eigenvalue weighted by atomic mass is 9.95. The maximum atomic E-state index is 13.0. The highest BCUT2D eigenvalue weighted by Gasteiger charge is 2.34. The van der Waals surface area contributed by atoms with E-state index < -0.39 is 53.8 Å². The van der Waals surface area contributed by atoms with Crippen LogP contribution in [0.2, 0.25) is 0 Å². The molecule has 196 valence electrons. The first-order chi connectivity index (χ1) is 15.8. The lowest BCUT2D eigenvalue weighted by Crippen LogP contribution is -2.59. The van der Waals surface area contributed by atoms with Gasteiger partial charge in [-0.15, -0.1) is 0 Å². The Morgan fingerprint density at radius 2 is 1.18 bits per heavy atom. The summed E-state index contributed by atoms with van der Waals surface area (Å²) in [7, 11) is 0. The van der Waals surface area contributed by atoms with Crippen LogP contribution in [0.1, 0.15) is 73.6 Å². The number of carboxylic acid groups (broad SMARTS) is 2. The fourth-order valence-corrected chi connectivity index (χ4v) is 3.20. The highest BCUT2D eigenvalue weighted by atomic mass is 16.4. The monoisotopic (exact) mass is 486 g/mol. The van der Waals surface area contributed by atoms with Crippen molar-refractivity contribution in [3.8, 4) is 0 Å². The standard InChI is InChI=1S/C23H42N4O7/c1-7-12(4)17(24)21(31)25-15(10-11-16(28)29)20(30)26-18(13(5)8-2)22(32)27-19(23(33)34)14(6)9-3/h12-15,17-19H,7-11,24H2,1-6H3,(H,25,31)(H,26,30)(H,27,32)(H,28,29)(H,33,34). The van der Waals surface area contributed by atoms with Gasteiger partial charge in [0, 0.05) is 6.42 Å². The molecule has 0 aliphatic carbocycles. The average molecular weight is 487 g/mol. The smallest absolute Gasteiger partial charge is 0.326 e. The zero-order valence-electron chi connectivity index (χ0n) is 21.1. The molecule has 0 heterocycles. The van der Waals surface area contributed by atoms with E-state index in [0.717, 1.165) is 0 Å². The van der Waals surface area contributed by atoms with E-state index in [9.17, 15) is 29.1 Å². The molecule has 0 aliphatic heterocycles. The minimum atomic E-state index is -1.22.